The molecule has 1 aromatic rings. The minimum absolute atomic E-state index is 0.247. The Kier molecular flexibility index (Phi) is 4.99. The first kappa shape index (κ1) is 15.3. The van der Waals surface area contributed by atoms with E-state index in [-0.39, 0.29) is 6.54 Å². The van der Waals surface area contributed by atoms with Gasteiger partial charge in [-0.1, -0.05) is 0 Å². The van der Waals surface area contributed by atoms with Crippen LogP contribution < -0.4 is 5.32 Å². The Morgan fingerprint density at radius 2 is 1.85 bits per heavy atom. The number of rotatable bonds is 4. The molecule has 0 atom stereocenters. The zero-order valence-corrected chi connectivity index (χ0v) is 11.8. The van der Waals surface area contributed by atoms with Crippen LogP contribution in [0.25, 0.3) is 0 Å². The van der Waals surface area contributed by atoms with Gasteiger partial charge in [-0.25, -0.2) is 8.78 Å². The number of carbonyl (C=O) groups is 1. The molecule has 0 unspecified atom stereocenters. The van der Waals surface area contributed by atoms with E-state index >= 15 is 0 Å². The fourth-order valence-electron chi connectivity index (χ4n) is 2.18. The molecular formula is C14H17F2NO2S. The van der Waals surface area contributed by atoms with Crippen LogP contribution in [0.3, 0.4) is 0 Å². The second-order valence-corrected chi connectivity index (χ2v) is 6.15. The Hall–Kier alpha value is -1.14. The van der Waals surface area contributed by atoms with Gasteiger partial charge in [-0.3, -0.25) is 4.79 Å². The van der Waals surface area contributed by atoms with E-state index in [0.29, 0.717) is 24.8 Å². The molecule has 1 aromatic carbocycles. The number of halogens is 2. The first-order valence-electron chi connectivity index (χ1n) is 6.53. The molecule has 20 heavy (non-hydrogen) atoms. The van der Waals surface area contributed by atoms with Crippen LogP contribution in [0.15, 0.2) is 18.2 Å². The molecule has 0 radical (unpaired) electrons. The van der Waals surface area contributed by atoms with Crippen molar-refractivity contribution in [1.82, 2.24) is 5.32 Å². The van der Waals surface area contributed by atoms with E-state index in [1.54, 1.807) is 11.8 Å². The zero-order chi connectivity index (χ0) is 14.6. The molecule has 1 amide bonds. The van der Waals surface area contributed by atoms with E-state index in [1.165, 1.54) is 12.1 Å². The Morgan fingerprint density at radius 3 is 2.45 bits per heavy atom. The number of nitrogens with one attached hydrogen (secondary N) is 1. The van der Waals surface area contributed by atoms with Crippen molar-refractivity contribution in [3.8, 4) is 0 Å². The number of hydrogen-bond donors (Lipinski definition) is 2. The summed E-state index contributed by atoms with van der Waals surface area (Å²) in [5, 5.41) is 12.8. The summed E-state index contributed by atoms with van der Waals surface area (Å²) >= 11 is 1.72. The zero-order valence-electron chi connectivity index (χ0n) is 11.0. The van der Waals surface area contributed by atoms with E-state index in [4.69, 9.17) is 0 Å². The first-order valence-corrected chi connectivity index (χ1v) is 7.68. The number of aliphatic hydroxyl groups is 1. The number of amides is 1. The van der Waals surface area contributed by atoms with Crippen molar-refractivity contribution in [3.63, 3.8) is 0 Å². The van der Waals surface area contributed by atoms with E-state index < -0.39 is 23.1 Å². The van der Waals surface area contributed by atoms with Crippen LogP contribution in [-0.4, -0.2) is 34.7 Å². The largest absolute Gasteiger partial charge is 0.380 e. The van der Waals surface area contributed by atoms with Crippen molar-refractivity contribution in [2.45, 2.75) is 24.9 Å². The van der Waals surface area contributed by atoms with Crippen LogP contribution >= 0.6 is 11.8 Å². The van der Waals surface area contributed by atoms with Crippen LogP contribution in [0.5, 0.6) is 0 Å². The van der Waals surface area contributed by atoms with Gasteiger partial charge in [-0.2, -0.15) is 11.8 Å². The van der Waals surface area contributed by atoms with Crippen molar-refractivity contribution >= 4 is 17.7 Å². The third-order valence-corrected chi connectivity index (χ3v) is 4.35. The molecule has 1 heterocycles. The second kappa shape index (κ2) is 6.54. The van der Waals surface area contributed by atoms with Gasteiger partial charge in [0.2, 0.25) is 0 Å². The van der Waals surface area contributed by atoms with E-state index in [2.05, 4.69) is 5.32 Å². The van der Waals surface area contributed by atoms with E-state index in [1.807, 2.05) is 0 Å². The Labute approximate surface area is 120 Å². The molecule has 1 aliphatic heterocycles. The predicted molar refractivity (Wildman–Crippen MR) is 74.6 cm³/mol. The Balaban J connectivity index is 1.84. The molecule has 2 N–H and O–H groups in total. The lowest BCUT2D eigenvalue weighted by atomic mass is 9.96. The molecule has 1 saturated heterocycles. The van der Waals surface area contributed by atoms with Crippen LogP contribution in [0.1, 0.15) is 18.4 Å². The topological polar surface area (TPSA) is 49.3 Å². The van der Waals surface area contributed by atoms with Gasteiger partial charge in [0.1, 0.15) is 17.2 Å². The summed E-state index contributed by atoms with van der Waals surface area (Å²) in [4.78, 5) is 11.9. The summed E-state index contributed by atoms with van der Waals surface area (Å²) in [6, 6.07) is 3.28. The van der Waals surface area contributed by atoms with Crippen molar-refractivity contribution in [2.24, 2.45) is 0 Å². The quantitative estimate of drug-likeness (QED) is 0.893. The predicted octanol–water partition coefficient (Wildman–Crippen LogP) is 1.88. The van der Waals surface area contributed by atoms with Gasteiger partial charge in [0, 0.05) is 12.6 Å². The fourth-order valence-corrected chi connectivity index (χ4v) is 3.34. The molecule has 1 aliphatic rings. The molecule has 6 heteroatoms. The standard InChI is InChI=1S/C14H17F2NO2S/c15-11-7-10(8-12(16)9-11)1-4-17-13(18)14(19)2-5-20-6-3-14/h7-9,19H,1-6H2,(H,17,18). The third kappa shape index (κ3) is 3.93. The van der Waals surface area contributed by atoms with Gasteiger partial charge >= 0.3 is 0 Å². The maximum Gasteiger partial charge on any atom is 0.252 e. The molecular weight excluding hydrogens is 284 g/mol. The second-order valence-electron chi connectivity index (χ2n) is 4.93. The summed E-state index contributed by atoms with van der Waals surface area (Å²) < 4.78 is 26.0. The lowest BCUT2D eigenvalue weighted by Gasteiger charge is -2.30. The first-order chi connectivity index (χ1) is 9.49. The highest BCUT2D eigenvalue weighted by Gasteiger charge is 2.36. The van der Waals surface area contributed by atoms with Crippen LogP contribution in [0.4, 0.5) is 8.78 Å². The number of benzene rings is 1. The highest BCUT2D eigenvalue weighted by Crippen LogP contribution is 2.26. The van der Waals surface area contributed by atoms with Crippen LogP contribution in [0.2, 0.25) is 0 Å². The lowest BCUT2D eigenvalue weighted by molar-refractivity contribution is -0.140. The summed E-state index contributed by atoms with van der Waals surface area (Å²) in [5.41, 5.74) is -0.813. The van der Waals surface area contributed by atoms with E-state index in [0.717, 1.165) is 17.6 Å². The number of carbonyl (C=O) groups excluding carboxylic acids is 1. The molecule has 1 fully saturated rings. The molecule has 3 nitrogen and oxygen atoms in total. The van der Waals surface area contributed by atoms with Crippen LogP contribution in [0, 0.1) is 11.6 Å². The molecule has 0 bridgehead atoms. The van der Waals surface area contributed by atoms with E-state index in [9.17, 15) is 18.7 Å². The van der Waals surface area contributed by atoms with Gasteiger partial charge in [0.05, 0.1) is 0 Å². The monoisotopic (exact) mass is 301 g/mol. The normalized spacial score (nSPS) is 17.8. The van der Waals surface area contributed by atoms with Crippen molar-refractivity contribution in [1.29, 1.82) is 0 Å². The van der Waals surface area contributed by atoms with Gasteiger partial charge in [0.15, 0.2) is 0 Å². The van der Waals surface area contributed by atoms with Gasteiger partial charge < -0.3 is 10.4 Å². The molecule has 110 valence electrons. The highest BCUT2D eigenvalue weighted by atomic mass is 32.2. The van der Waals surface area contributed by atoms with Crippen molar-refractivity contribution in [2.75, 3.05) is 18.1 Å². The minimum Gasteiger partial charge on any atom is -0.380 e. The summed E-state index contributed by atoms with van der Waals surface area (Å²) in [5.74, 6) is -0.129. The molecule has 0 aromatic heterocycles. The number of hydrogen-bond acceptors (Lipinski definition) is 3. The maximum atomic E-state index is 13.0. The Morgan fingerprint density at radius 1 is 1.25 bits per heavy atom. The molecule has 0 aliphatic carbocycles. The molecule has 0 spiro atoms. The summed E-state index contributed by atoms with van der Waals surface area (Å²) in [6.45, 7) is 0.247. The molecule has 2 rings (SSSR count). The maximum absolute atomic E-state index is 13.0. The van der Waals surface area contributed by atoms with Crippen molar-refractivity contribution < 1.29 is 18.7 Å². The highest BCUT2D eigenvalue weighted by molar-refractivity contribution is 7.99. The van der Waals surface area contributed by atoms with Gasteiger partial charge in [-0.05, 0) is 48.5 Å². The number of thioether (sulfide) groups is 1. The van der Waals surface area contributed by atoms with Crippen molar-refractivity contribution in [3.05, 3.63) is 35.4 Å². The fraction of sp³-hybridized carbons (Fsp3) is 0.500. The molecule has 0 saturated carbocycles. The Bertz CT molecular complexity index is 470. The SMILES string of the molecule is O=C(NCCc1cc(F)cc(F)c1)C1(O)CCSCC1. The smallest absolute Gasteiger partial charge is 0.252 e. The van der Waals surface area contributed by atoms with Gasteiger partial charge in [-0.15, -0.1) is 0 Å². The van der Waals surface area contributed by atoms with Gasteiger partial charge in [0.25, 0.3) is 5.91 Å². The summed E-state index contributed by atoms with van der Waals surface area (Å²) in [7, 11) is 0. The third-order valence-electron chi connectivity index (χ3n) is 3.36. The summed E-state index contributed by atoms with van der Waals surface area (Å²) in [6.07, 6.45) is 1.21. The average molecular weight is 301 g/mol. The minimum atomic E-state index is -1.29. The lowest BCUT2D eigenvalue weighted by Crippen LogP contribution is -2.49. The average Bonchev–Trinajstić information content (AvgIpc) is 2.38. The van der Waals surface area contributed by atoms with Crippen LogP contribution in [-0.2, 0) is 11.2 Å².